The molecule has 0 aliphatic carbocycles. The normalized spacial score (nSPS) is 11.9. The fourth-order valence-electron chi connectivity index (χ4n) is 6.53. The molecule has 28 heteroatoms. The second-order valence-corrected chi connectivity index (χ2v) is 19.4. The van der Waals surface area contributed by atoms with Crippen molar-refractivity contribution < 1.29 is 123 Å². The minimum atomic E-state index is 0.120. The lowest BCUT2D eigenvalue weighted by Crippen LogP contribution is -2.16. The summed E-state index contributed by atoms with van der Waals surface area (Å²) in [5.41, 5.74) is 1.26. The first-order valence-electron chi connectivity index (χ1n) is 32.2. The second-order valence-electron chi connectivity index (χ2n) is 18.8. The lowest BCUT2D eigenvalue weighted by atomic mass is 10.2. The van der Waals surface area contributed by atoms with Gasteiger partial charge in [0.2, 0.25) is 0 Å². The zero-order valence-electron chi connectivity index (χ0n) is 54.9. The Morgan fingerprint density at radius 3 is 0.596 bits per heavy atom. The van der Waals surface area contributed by atoms with Crippen LogP contribution < -0.4 is 5.32 Å². The molecule has 0 aliphatic heterocycles. The second kappa shape index (κ2) is 82.7. The predicted molar refractivity (Wildman–Crippen MR) is 336 cm³/mol. The van der Waals surface area contributed by atoms with E-state index in [-0.39, 0.29) is 5.78 Å². The number of carbonyl (C=O) groups excluding carboxylic acids is 1. The summed E-state index contributed by atoms with van der Waals surface area (Å²) >= 11 is 0. The first-order chi connectivity index (χ1) is 44.2. The SMILES string of the molecule is CC/C(=C\NCCCCP)COCCOCCOCCOCCOCCOCCOCCOCCOCCOCCOCCOCCOCCOCCOCCOCCOCCOCCOCCOCCOCCOCCOCCOCCOCCC(C)=O. The van der Waals surface area contributed by atoms with Gasteiger partial charge in [-0.25, -0.2) is 0 Å². The Hall–Kier alpha value is -1.36. The first-order valence-corrected chi connectivity index (χ1v) is 33.1. The van der Waals surface area contributed by atoms with Crippen LogP contribution >= 0.6 is 9.24 Å². The molecule has 0 heterocycles. The van der Waals surface area contributed by atoms with Crippen molar-refractivity contribution in [2.24, 2.45) is 0 Å². The van der Waals surface area contributed by atoms with Crippen LogP contribution in [0.25, 0.3) is 0 Å². The van der Waals surface area contributed by atoms with E-state index in [4.69, 9.17) is 118 Å². The van der Waals surface area contributed by atoms with Gasteiger partial charge in [0.25, 0.3) is 0 Å². The Balaban J connectivity index is 3.12. The molecule has 0 aromatic heterocycles. The lowest BCUT2D eigenvalue weighted by Gasteiger charge is -2.09. The van der Waals surface area contributed by atoms with Crippen LogP contribution in [0.1, 0.15) is 39.5 Å². The minimum absolute atomic E-state index is 0.120. The number of carbonyl (C=O) groups is 1. The van der Waals surface area contributed by atoms with Gasteiger partial charge in [0, 0.05) is 13.0 Å². The van der Waals surface area contributed by atoms with Gasteiger partial charge in [-0.3, -0.25) is 4.79 Å². The number of ether oxygens (including phenoxy) is 25. The number of hydrogen-bond donors (Lipinski definition) is 1. The van der Waals surface area contributed by atoms with Gasteiger partial charge in [0.05, 0.1) is 330 Å². The quantitative estimate of drug-likeness (QED) is 0.0678. The van der Waals surface area contributed by atoms with Gasteiger partial charge in [0.15, 0.2) is 0 Å². The van der Waals surface area contributed by atoms with Gasteiger partial charge >= 0.3 is 0 Å². The lowest BCUT2D eigenvalue weighted by molar-refractivity contribution is -0.118. The van der Waals surface area contributed by atoms with E-state index in [1.54, 1.807) is 6.92 Å². The van der Waals surface area contributed by atoms with Crippen molar-refractivity contribution in [2.45, 2.75) is 39.5 Å². The zero-order chi connectivity index (χ0) is 63.8. The van der Waals surface area contributed by atoms with Gasteiger partial charge in [-0.1, -0.05) is 6.92 Å². The highest BCUT2D eigenvalue weighted by Crippen LogP contribution is 2.01. The third kappa shape index (κ3) is 82.7. The molecule has 0 rings (SSSR count). The molecule has 89 heavy (non-hydrogen) atoms. The molecule has 0 saturated heterocycles. The molecule has 0 amide bonds. The third-order valence-corrected chi connectivity index (χ3v) is 11.8. The van der Waals surface area contributed by atoms with E-state index >= 15 is 0 Å². The molecular weight excluding hydrogens is 1190 g/mol. The first kappa shape index (κ1) is 87.6. The average molecular weight is 1320 g/mol. The Labute approximate surface area is 536 Å². The molecule has 0 bridgehead atoms. The van der Waals surface area contributed by atoms with Gasteiger partial charge in [-0.05, 0) is 44.1 Å². The van der Waals surface area contributed by atoms with E-state index in [2.05, 4.69) is 27.7 Å². The third-order valence-electron chi connectivity index (χ3n) is 11.3. The highest BCUT2D eigenvalue weighted by Gasteiger charge is 2.02. The number of hydrogen-bond acceptors (Lipinski definition) is 27. The number of rotatable bonds is 83. The number of nitrogens with one attached hydrogen (secondary N) is 1. The van der Waals surface area contributed by atoms with Crippen molar-refractivity contribution in [3.8, 4) is 0 Å². The van der Waals surface area contributed by atoms with Crippen LogP contribution in [0.5, 0.6) is 0 Å². The summed E-state index contributed by atoms with van der Waals surface area (Å²) in [4.78, 5) is 10.8. The summed E-state index contributed by atoms with van der Waals surface area (Å²) in [6.07, 6.45) is 7.03. The summed E-state index contributed by atoms with van der Waals surface area (Å²) in [6, 6.07) is 0. The van der Waals surface area contributed by atoms with E-state index in [9.17, 15) is 4.79 Å². The molecule has 0 radical (unpaired) electrons. The van der Waals surface area contributed by atoms with Crippen LogP contribution in [0.15, 0.2) is 11.8 Å². The molecule has 1 N–H and O–H groups in total. The van der Waals surface area contributed by atoms with Gasteiger partial charge in [-0.2, -0.15) is 0 Å². The fourth-order valence-corrected chi connectivity index (χ4v) is 6.82. The number of ketones is 1. The van der Waals surface area contributed by atoms with E-state index in [0.29, 0.717) is 337 Å². The van der Waals surface area contributed by atoms with E-state index in [1.165, 1.54) is 18.4 Å². The van der Waals surface area contributed by atoms with Crippen LogP contribution in [0, 0.1) is 0 Å². The molecule has 1 unspecified atom stereocenters. The van der Waals surface area contributed by atoms with E-state index < -0.39 is 0 Å². The molecule has 0 aromatic rings. The van der Waals surface area contributed by atoms with Crippen molar-refractivity contribution in [1.29, 1.82) is 0 Å². The Bertz CT molecular complexity index is 1350. The van der Waals surface area contributed by atoms with Crippen LogP contribution in [0.2, 0.25) is 0 Å². The minimum Gasteiger partial charge on any atom is -0.391 e. The molecule has 0 aromatic carbocycles. The highest BCUT2D eigenvalue weighted by atomic mass is 31.0. The molecule has 1 atom stereocenters. The number of unbranched alkanes of at least 4 members (excludes halogenated alkanes) is 1. The Kier molecular flexibility index (Phi) is 81.5. The molecule has 0 fully saturated rings. The van der Waals surface area contributed by atoms with Gasteiger partial charge in [-0.15, -0.1) is 9.24 Å². The van der Waals surface area contributed by atoms with Crippen LogP contribution in [0.3, 0.4) is 0 Å². The maximum absolute atomic E-state index is 10.8. The summed E-state index contributed by atoms with van der Waals surface area (Å²) in [6.45, 7) is 29.4. The van der Waals surface area contributed by atoms with Crippen molar-refractivity contribution in [2.75, 3.05) is 343 Å². The molecule has 0 aliphatic rings. The van der Waals surface area contributed by atoms with E-state index in [0.717, 1.165) is 19.1 Å². The summed E-state index contributed by atoms with van der Waals surface area (Å²) < 4.78 is 138. The van der Waals surface area contributed by atoms with Crippen molar-refractivity contribution in [3.63, 3.8) is 0 Å². The fraction of sp³-hybridized carbons (Fsp3) is 0.951. The Morgan fingerprint density at radius 1 is 0.270 bits per heavy atom. The Morgan fingerprint density at radius 2 is 0.438 bits per heavy atom. The number of Topliss-reactive ketones (excluding diaryl/α,β-unsaturated/α-hetero) is 1. The summed E-state index contributed by atoms with van der Waals surface area (Å²) in [7, 11) is 2.76. The average Bonchev–Trinajstić information content (AvgIpc) is 3.54. The van der Waals surface area contributed by atoms with Gasteiger partial charge < -0.3 is 124 Å². The molecule has 0 saturated carbocycles. The standard InChI is InChI=1S/C61H122NO26P/c1-3-61(58-62-7-4-5-57-89)59-88-56-55-87-54-53-86-52-51-85-50-49-84-48-47-83-46-45-82-44-43-81-42-41-80-40-39-79-38-37-78-36-35-77-34-33-76-32-31-75-30-29-74-28-27-73-26-25-72-24-23-71-22-21-70-20-19-69-18-17-68-16-15-67-14-13-66-12-11-65-10-9-64-8-6-60(2)63/h58,62H,3-57,59,89H2,1-2H3/b61-58+. The maximum atomic E-state index is 10.8. The van der Waals surface area contributed by atoms with Crippen molar-refractivity contribution in [1.82, 2.24) is 5.32 Å². The van der Waals surface area contributed by atoms with Crippen molar-refractivity contribution >= 4 is 15.0 Å². The molecule has 27 nitrogen and oxygen atoms in total. The smallest absolute Gasteiger partial charge is 0.132 e. The topological polar surface area (TPSA) is 260 Å². The molecular formula is C61H122NO26P. The zero-order valence-corrected chi connectivity index (χ0v) is 56.0. The molecule has 532 valence electrons. The van der Waals surface area contributed by atoms with E-state index in [1.807, 2.05) is 0 Å². The molecule has 0 spiro atoms. The van der Waals surface area contributed by atoms with Crippen molar-refractivity contribution in [3.05, 3.63) is 11.8 Å². The highest BCUT2D eigenvalue weighted by molar-refractivity contribution is 7.16. The van der Waals surface area contributed by atoms with Crippen LogP contribution in [-0.4, -0.2) is 349 Å². The predicted octanol–water partition coefficient (Wildman–Crippen LogP) is 2.92. The summed E-state index contributed by atoms with van der Waals surface area (Å²) in [5, 5.41) is 3.37. The van der Waals surface area contributed by atoms with Crippen LogP contribution in [-0.2, 0) is 123 Å². The largest absolute Gasteiger partial charge is 0.391 e. The van der Waals surface area contributed by atoms with Crippen LogP contribution in [0.4, 0.5) is 0 Å². The monoisotopic (exact) mass is 1320 g/mol. The summed E-state index contributed by atoms with van der Waals surface area (Å²) in [5.74, 6) is 0.120. The van der Waals surface area contributed by atoms with Gasteiger partial charge in [0.1, 0.15) is 5.78 Å². The maximum Gasteiger partial charge on any atom is 0.132 e.